The summed E-state index contributed by atoms with van der Waals surface area (Å²) in [5.74, 6) is -2.19. The van der Waals surface area contributed by atoms with Crippen molar-refractivity contribution in [3.63, 3.8) is 0 Å². The molecule has 1 rings (SSSR count). The highest BCUT2D eigenvalue weighted by Crippen LogP contribution is 2.30. The number of carbonyl (C=O) groups excluding carboxylic acids is 2. The van der Waals surface area contributed by atoms with Gasteiger partial charge in [0.1, 0.15) is 5.54 Å². The van der Waals surface area contributed by atoms with E-state index < -0.39 is 23.4 Å². The van der Waals surface area contributed by atoms with Crippen LogP contribution >= 0.6 is 12.4 Å². The van der Waals surface area contributed by atoms with Crippen LogP contribution in [0.4, 0.5) is 0 Å². The second-order valence-electron chi connectivity index (χ2n) is 4.87. The number of esters is 2. The van der Waals surface area contributed by atoms with Gasteiger partial charge in [0.15, 0.2) is 11.5 Å². The molecule has 0 radical (unpaired) electrons. The van der Waals surface area contributed by atoms with E-state index in [1.807, 2.05) is 0 Å². The predicted molar refractivity (Wildman–Crippen MR) is 80.2 cm³/mol. The van der Waals surface area contributed by atoms with Gasteiger partial charge >= 0.3 is 17.9 Å². The van der Waals surface area contributed by atoms with E-state index in [4.69, 9.17) is 20.3 Å². The van der Waals surface area contributed by atoms with Gasteiger partial charge in [-0.1, -0.05) is 6.07 Å². The summed E-state index contributed by atoms with van der Waals surface area (Å²) < 4.78 is 9.87. The molecule has 0 fully saturated rings. The maximum atomic E-state index is 11.1. The van der Waals surface area contributed by atoms with Gasteiger partial charge in [0, 0.05) is 20.3 Å². The van der Waals surface area contributed by atoms with Crippen molar-refractivity contribution in [2.24, 2.45) is 5.73 Å². The molecule has 0 aliphatic rings. The van der Waals surface area contributed by atoms with Crippen LogP contribution in [0.1, 0.15) is 26.3 Å². The highest BCUT2D eigenvalue weighted by Gasteiger charge is 2.28. The Kier molecular flexibility index (Phi) is 7.02. The van der Waals surface area contributed by atoms with Gasteiger partial charge in [0.05, 0.1) is 0 Å². The fourth-order valence-corrected chi connectivity index (χ4v) is 1.64. The molecule has 122 valence electrons. The van der Waals surface area contributed by atoms with E-state index >= 15 is 0 Å². The first-order chi connectivity index (χ1) is 9.61. The van der Waals surface area contributed by atoms with E-state index in [1.165, 1.54) is 32.9 Å². The quantitative estimate of drug-likeness (QED) is 0.617. The summed E-state index contributed by atoms with van der Waals surface area (Å²) in [5.41, 5.74) is 4.74. The van der Waals surface area contributed by atoms with E-state index in [0.717, 1.165) is 0 Å². The first kappa shape index (κ1) is 19.9. The van der Waals surface area contributed by atoms with Crippen molar-refractivity contribution in [2.75, 3.05) is 0 Å². The van der Waals surface area contributed by atoms with Gasteiger partial charge in [-0.15, -0.1) is 12.4 Å². The molecule has 0 aromatic heterocycles. The van der Waals surface area contributed by atoms with Crippen molar-refractivity contribution >= 4 is 30.3 Å². The van der Waals surface area contributed by atoms with E-state index in [-0.39, 0.29) is 30.3 Å². The van der Waals surface area contributed by atoms with Gasteiger partial charge in [-0.2, -0.15) is 0 Å². The molecule has 0 aliphatic heterocycles. The maximum Gasteiger partial charge on any atom is 0.323 e. The zero-order valence-corrected chi connectivity index (χ0v) is 13.2. The van der Waals surface area contributed by atoms with Crippen LogP contribution in [0.3, 0.4) is 0 Å². The van der Waals surface area contributed by atoms with Crippen molar-refractivity contribution in [1.82, 2.24) is 0 Å². The molecule has 8 heteroatoms. The number of hydrogen-bond acceptors (Lipinski definition) is 6. The van der Waals surface area contributed by atoms with Crippen LogP contribution in [0.25, 0.3) is 0 Å². The highest BCUT2D eigenvalue weighted by atomic mass is 35.5. The lowest BCUT2D eigenvalue weighted by molar-refractivity contribution is -0.142. The van der Waals surface area contributed by atoms with Crippen molar-refractivity contribution in [3.05, 3.63) is 23.8 Å². The van der Waals surface area contributed by atoms with Crippen molar-refractivity contribution in [2.45, 2.75) is 32.7 Å². The number of rotatable bonds is 5. The summed E-state index contributed by atoms with van der Waals surface area (Å²) >= 11 is 0. The Morgan fingerprint density at radius 3 is 2.09 bits per heavy atom. The molecule has 7 nitrogen and oxygen atoms in total. The molecule has 22 heavy (non-hydrogen) atoms. The van der Waals surface area contributed by atoms with E-state index in [0.29, 0.717) is 5.56 Å². The maximum absolute atomic E-state index is 11.1. The monoisotopic (exact) mass is 331 g/mol. The summed E-state index contributed by atoms with van der Waals surface area (Å²) in [7, 11) is 0. The zero-order chi connectivity index (χ0) is 16.2. The number of carboxylic acids is 1. The van der Waals surface area contributed by atoms with Gasteiger partial charge in [0.2, 0.25) is 0 Å². The summed E-state index contributed by atoms with van der Waals surface area (Å²) in [6, 6.07) is 4.40. The van der Waals surface area contributed by atoms with Gasteiger partial charge < -0.3 is 20.3 Å². The molecule has 1 aromatic carbocycles. The van der Waals surface area contributed by atoms with Gasteiger partial charge in [0.25, 0.3) is 0 Å². The van der Waals surface area contributed by atoms with Crippen LogP contribution in [0, 0.1) is 0 Å². The van der Waals surface area contributed by atoms with Crippen LogP contribution < -0.4 is 15.2 Å². The molecular formula is C14H18ClNO6. The molecular weight excluding hydrogens is 314 g/mol. The molecule has 0 amide bonds. The Morgan fingerprint density at radius 2 is 1.64 bits per heavy atom. The summed E-state index contributed by atoms with van der Waals surface area (Å²) in [4.78, 5) is 33.1. The minimum absolute atomic E-state index is 0. The molecule has 0 bridgehead atoms. The van der Waals surface area contributed by atoms with Crippen LogP contribution in [0.15, 0.2) is 18.2 Å². The fraction of sp³-hybridized carbons (Fsp3) is 0.357. The van der Waals surface area contributed by atoms with Crippen molar-refractivity contribution in [3.8, 4) is 11.5 Å². The Hall–Kier alpha value is -2.12. The molecule has 0 aliphatic carbocycles. The third-order valence-corrected chi connectivity index (χ3v) is 2.58. The highest BCUT2D eigenvalue weighted by molar-refractivity contribution is 5.85. The topological polar surface area (TPSA) is 116 Å². The Morgan fingerprint density at radius 1 is 1.14 bits per heavy atom. The smallest absolute Gasteiger partial charge is 0.323 e. The van der Waals surface area contributed by atoms with Gasteiger partial charge in [-0.25, -0.2) is 0 Å². The standard InChI is InChI=1S/C14H17NO6.ClH/c1-8(16)20-11-5-4-10(6-12(11)21-9(2)17)7-14(3,15)13(18)19;/h4-6H,7,15H2,1-3H3,(H,18,19);1H/t14-;/m0./s1. The number of hydrogen-bond donors (Lipinski definition) is 2. The number of aliphatic carboxylic acids is 1. The number of ether oxygens (including phenoxy) is 2. The lowest BCUT2D eigenvalue weighted by Gasteiger charge is -2.19. The minimum Gasteiger partial charge on any atom is -0.480 e. The Bertz CT molecular complexity index is 585. The third kappa shape index (κ3) is 5.71. The van der Waals surface area contributed by atoms with E-state index in [1.54, 1.807) is 6.07 Å². The summed E-state index contributed by atoms with van der Waals surface area (Å²) in [5, 5.41) is 9.01. The van der Waals surface area contributed by atoms with Gasteiger partial charge in [-0.3, -0.25) is 14.4 Å². The molecule has 0 saturated carbocycles. The lowest BCUT2D eigenvalue weighted by Crippen LogP contribution is -2.46. The van der Waals surface area contributed by atoms with Crippen molar-refractivity contribution < 1.29 is 29.0 Å². The average molecular weight is 332 g/mol. The first-order valence-electron chi connectivity index (χ1n) is 6.14. The number of halogens is 1. The fourth-order valence-electron chi connectivity index (χ4n) is 1.64. The number of nitrogens with two attached hydrogens (primary N) is 1. The second-order valence-corrected chi connectivity index (χ2v) is 4.87. The molecule has 0 unspecified atom stereocenters. The molecule has 1 atom stereocenters. The molecule has 0 spiro atoms. The minimum atomic E-state index is -1.46. The van der Waals surface area contributed by atoms with Crippen LogP contribution in [-0.2, 0) is 20.8 Å². The first-order valence-corrected chi connectivity index (χ1v) is 6.14. The molecule has 0 heterocycles. The Labute approximate surface area is 133 Å². The van der Waals surface area contributed by atoms with Crippen LogP contribution in [0.2, 0.25) is 0 Å². The second kappa shape index (κ2) is 7.77. The number of carboxylic acid groups (broad SMARTS) is 1. The summed E-state index contributed by atoms with van der Waals surface area (Å²) in [6.07, 6.45) is 0.0248. The molecule has 0 saturated heterocycles. The van der Waals surface area contributed by atoms with Gasteiger partial charge in [-0.05, 0) is 24.6 Å². The van der Waals surface area contributed by atoms with E-state index in [9.17, 15) is 14.4 Å². The molecule has 1 aromatic rings. The lowest BCUT2D eigenvalue weighted by atomic mass is 9.94. The normalized spacial score (nSPS) is 12.5. The van der Waals surface area contributed by atoms with E-state index in [2.05, 4.69) is 0 Å². The molecule has 3 N–H and O–H groups in total. The average Bonchev–Trinajstić information content (AvgIpc) is 2.30. The van der Waals surface area contributed by atoms with Crippen molar-refractivity contribution in [1.29, 1.82) is 0 Å². The SMILES string of the molecule is CC(=O)Oc1ccc(C[C@](C)(N)C(=O)O)cc1OC(C)=O.Cl. The third-order valence-electron chi connectivity index (χ3n) is 2.58. The van der Waals surface area contributed by atoms with Crippen LogP contribution in [-0.4, -0.2) is 28.6 Å². The largest absolute Gasteiger partial charge is 0.480 e. The predicted octanol–water partition coefficient (Wildman–Crippen LogP) is 1.30. The van der Waals surface area contributed by atoms with Crippen LogP contribution in [0.5, 0.6) is 11.5 Å². The zero-order valence-electron chi connectivity index (χ0n) is 12.4. The number of benzene rings is 1. The summed E-state index contributed by atoms with van der Waals surface area (Å²) in [6.45, 7) is 3.79. The number of carbonyl (C=O) groups is 3. The Balaban J connectivity index is 0.00000441.